The van der Waals surface area contributed by atoms with E-state index in [-0.39, 0.29) is 5.57 Å². The molecule has 0 radical (unpaired) electrons. The van der Waals surface area contributed by atoms with Gasteiger partial charge in [0.25, 0.3) is 5.91 Å². The fraction of sp³-hybridized carbons (Fsp3) is 0.250. The molecule has 0 atom stereocenters. The van der Waals surface area contributed by atoms with Crippen molar-refractivity contribution in [3.63, 3.8) is 0 Å². The summed E-state index contributed by atoms with van der Waals surface area (Å²) in [6.07, 6.45) is 5.65. The highest BCUT2D eigenvalue weighted by Gasteiger charge is 2.10. The van der Waals surface area contributed by atoms with Crippen LogP contribution in [0.5, 0.6) is 5.75 Å². The third kappa shape index (κ3) is 6.04. The molecule has 2 rings (SSSR count). The molecular formula is C20H21N3O3. The summed E-state index contributed by atoms with van der Waals surface area (Å²) in [6.45, 7) is 1.35. The Morgan fingerprint density at radius 3 is 2.88 bits per heavy atom. The Labute approximate surface area is 153 Å². The van der Waals surface area contributed by atoms with Gasteiger partial charge in [-0.2, -0.15) is 5.26 Å². The van der Waals surface area contributed by atoms with E-state index in [0.717, 1.165) is 5.56 Å². The molecule has 0 unspecified atom stereocenters. The van der Waals surface area contributed by atoms with Gasteiger partial charge in [-0.05, 0) is 24.6 Å². The molecule has 1 aromatic carbocycles. The van der Waals surface area contributed by atoms with Gasteiger partial charge in [0.15, 0.2) is 0 Å². The molecule has 1 amide bonds. The molecule has 0 aliphatic heterocycles. The first kappa shape index (κ1) is 19.2. The zero-order valence-electron chi connectivity index (χ0n) is 14.6. The number of para-hydroxylation sites is 1. The Hall–Kier alpha value is -3.17. The second kappa shape index (κ2) is 10.6. The Kier molecular flexibility index (Phi) is 7.84. The van der Waals surface area contributed by atoms with E-state index in [1.165, 1.54) is 6.08 Å². The minimum Gasteiger partial charge on any atom is -0.488 e. The number of nitrogens with zero attached hydrogens (tertiary/aromatic N) is 2. The summed E-state index contributed by atoms with van der Waals surface area (Å²) in [6, 6.07) is 13.0. The first-order valence-electron chi connectivity index (χ1n) is 8.24. The van der Waals surface area contributed by atoms with Crippen molar-refractivity contribution in [2.45, 2.75) is 13.0 Å². The van der Waals surface area contributed by atoms with Gasteiger partial charge in [0.1, 0.15) is 24.0 Å². The molecule has 0 fully saturated rings. The standard InChI is InChI=1S/C20H21N3O3/c1-25-11-5-10-23-20(24)18(13-21)12-17-7-2-3-8-19(17)26-15-16-6-4-9-22-14-16/h2-4,6-9,12,14H,5,10-11,15H2,1H3,(H,23,24)/b18-12+. The Balaban J connectivity index is 2.07. The van der Waals surface area contributed by atoms with Crippen molar-refractivity contribution < 1.29 is 14.3 Å². The van der Waals surface area contributed by atoms with Gasteiger partial charge >= 0.3 is 0 Å². The Morgan fingerprint density at radius 1 is 1.31 bits per heavy atom. The van der Waals surface area contributed by atoms with Crippen LogP contribution in [0.2, 0.25) is 0 Å². The van der Waals surface area contributed by atoms with Crippen LogP contribution in [-0.4, -0.2) is 31.2 Å². The van der Waals surface area contributed by atoms with Crippen LogP contribution < -0.4 is 10.1 Å². The Bertz CT molecular complexity index is 782. The van der Waals surface area contributed by atoms with Gasteiger partial charge in [0, 0.05) is 43.8 Å². The lowest BCUT2D eigenvalue weighted by atomic mass is 10.1. The summed E-state index contributed by atoms with van der Waals surface area (Å²) < 4.78 is 10.8. The van der Waals surface area contributed by atoms with Crippen molar-refractivity contribution in [2.24, 2.45) is 0 Å². The molecule has 0 spiro atoms. The third-order valence-electron chi connectivity index (χ3n) is 3.51. The lowest BCUT2D eigenvalue weighted by molar-refractivity contribution is -0.117. The molecule has 1 heterocycles. The quantitative estimate of drug-likeness (QED) is 0.427. The maximum atomic E-state index is 12.1. The van der Waals surface area contributed by atoms with Crippen LogP contribution in [-0.2, 0) is 16.1 Å². The first-order chi connectivity index (χ1) is 12.7. The zero-order valence-corrected chi connectivity index (χ0v) is 14.6. The number of pyridine rings is 1. The predicted molar refractivity (Wildman–Crippen MR) is 98.1 cm³/mol. The van der Waals surface area contributed by atoms with Crippen LogP contribution in [0.25, 0.3) is 6.08 Å². The number of aromatic nitrogens is 1. The highest BCUT2D eigenvalue weighted by Crippen LogP contribution is 2.22. The largest absolute Gasteiger partial charge is 0.488 e. The van der Waals surface area contributed by atoms with Gasteiger partial charge in [-0.25, -0.2) is 0 Å². The molecule has 0 aliphatic carbocycles. The highest BCUT2D eigenvalue weighted by molar-refractivity contribution is 6.01. The van der Waals surface area contributed by atoms with E-state index in [4.69, 9.17) is 9.47 Å². The number of carbonyl (C=O) groups is 1. The van der Waals surface area contributed by atoms with Crippen molar-refractivity contribution in [2.75, 3.05) is 20.3 Å². The van der Waals surface area contributed by atoms with Crippen molar-refractivity contribution in [3.8, 4) is 11.8 Å². The number of amides is 1. The Morgan fingerprint density at radius 2 is 2.15 bits per heavy atom. The SMILES string of the molecule is COCCCNC(=O)/C(C#N)=C/c1ccccc1OCc1cccnc1. The van der Waals surface area contributed by atoms with Gasteiger partial charge < -0.3 is 14.8 Å². The zero-order chi connectivity index (χ0) is 18.6. The molecule has 0 saturated carbocycles. The van der Waals surface area contributed by atoms with E-state index >= 15 is 0 Å². The van der Waals surface area contributed by atoms with Crippen LogP contribution in [0, 0.1) is 11.3 Å². The number of hydrogen-bond acceptors (Lipinski definition) is 5. The molecule has 6 heteroatoms. The number of hydrogen-bond donors (Lipinski definition) is 1. The average molecular weight is 351 g/mol. The van der Waals surface area contributed by atoms with E-state index in [2.05, 4.69) is 10.3 Å². The summed E-state index contributed by atoms with van der Waals surface area (Å²) in [4.78, 5) is 16.2. The monoisotopic (exact) mass is 351 g/mol. The van der Waals surface area contributed by atoms with Gasteiger partial charge in [0.05, 0.1) is 0 Å². The van der Waals surface area contributed by atoms with Gasteiger partial charge in [-0.15, -0.1) is 0 Å². The number of benzene rings is 1. The van der Waals surface area contributed by atoms with E-state index in [0.29, 0.717) is 37.5 Å². The maximum Gasteiger partial charge on any atom is 0.261 e. The molecule has 26 heavy (non-hydrogen) atoms. The number of ether oxygens (including phenoxy) is 2. The molecule has 0 saturated heterocycles. The van der Waals surface area contributed by atoms with Crippen LogP contribution in [0.3, 0.4) is 0 Å². The second-order valence-electron chi connectivity index (χ2n) is 5.46. The van der Waals surface area contributed by atoms with E-state index in [9.17, 15) is 10.1 Å². The fourth-order valence-corrected chi connectivity index (χ4v) is 2.19. The second-order valence-corrected chi connectivity index (χ2v) is 5.46. The highest BCUT2D eigenvalue weighted by atomic mass is 16.5. The van der Waals surface area contributed by atoms with Crippen molar-refractivity contribution in [1.82, 2.24) is 10.3 Å². The molecular weight excluding hydrogens is 330 g/mol. The third-order valence-corrected chi connectivity index (χ3v) is 3.51. The summed E-state index contributed by atoms with van der Waals surface area (Å²) >= 11 is 0. The van der Waals surface area contributed by atoms with Crippen LogP contribution in [0.15, 0.2) is 54.4 Å². The van der Waals surface area contributed by atoms with Crippen molar-refractivity contribution in [1.29, 1.82) is 5.26 Å². The number of carbonyl (C=O) groups excluding carboxylic acids is 1. The number of nitrogens with one attached hydrogen (secondary N) is 1. The van der Waals surface area contributed by atoms with E-state index < -0.39 is 5.91 Å². The summed E-state index contributed by atoms with van der Waals surface area (Å²) in [5.74, 6) is 0.182. The lowest BCUT2D eigenvalue weighted by Gasteiger charge is -2.10. The first-order valence-corrected chi connectivity index (χ1v) is 8.24. The molecule has 2 aromatic rings. The van der Waals surface area contributed by atoms with Crippen LogP contribution in [0.1, 0.15) is 17.5 Å². The van der Waals surface area contributed by atoms with Gasteiger partial charge in [-0.3, -0.25) is 9.78 Å². The smallest absolute Gasteiger partial charge is 0.261 e. The van der Waals surface area contributed by atoms with Gasteiger partial charge in [-0.1, -0.05) is 24.3 Å². The maximum absolute atomic E-state index is 12.1. The number of rotatable bonds is 9. The predicted octanol–water partition coefficient (Wildman–Crippen LogP) is 2.72. The molecule has 134 valence electrons. The fourth-order valence-electron chi connectivity index (χ4n) is 2.19. The number of methoxy groups -OCH3 is 1. The number of nitriles is 1. The summed E-state index contributed by atoms with van der Waals surface area (Å²) in [5, 5.41) is 12.0. The molecule has 0 aliphatic rings. The molecule has 1 aromatic heterocycles. The lowest BCUT2D eigenvalue weighted by Crippen LogP contribution is -2.26. The molecule has 1 N–H and O–H groups in total. The summed E-state index contributed by atoms with van der Waals surface area (Å²) in [5.41, 5.74) is 1.63. The van der Waals surface area contributed by atoms with Crippen molar-refractivity contribution in [3.05, 3.63) is 65.5 Å². The summed E-state index contributed by atoms with van der Waals surface area (Å²) in [7, 11) is 1.60. The minimum absolute atomic E-state index is 0.0276. The van der Waals surface area contributed by atoms with E-state index in [1.54, 1.807) is 31.6 Å². The normalized spacial score (nSPS) is 10.8. The minimum atomic E-state index is -0.411. The van der Waals surface area contributed by atoms with Crippen molar-refractivity contribution >= 4 is 12.0 Å². The average Bonchev–Trinajstić information content (AvgIpc) is 2.69. The molecule has 0 bridgehead atoms. The topological polar surface area (TPSA) is 84.2 Å². The van der Waals surface area contributed by atoms with Crippen LogP contribution in [0.4, 0.5) is 0 Å². The van der Waals surface area contributed by atoms with Crippen LogP contribution >= 0.6 is 0 Å². The molecule has 6 nitrogen and oxygen atoms in total. The van der Waals surface area contributed by atoms with E-state index in [1.807, 2.05) is 30.3 Å². The van der Waals surface area contributed by atoms with Gasteiger partial charge in [0.2, 0.25) is 0 Å².